The van der Waals surface area contributed by atoms with Gasteiger partial charge in [0, 0.05) is 49.5 Å². The van der Waals surface area contributed by atoms with Crippen molar-refractivity contribution in [3.05, 3.63) is 51.6 Å². The Morgan fingerprint density at radius 1 is 1.13 bits per heavy atom. The van der Waals surface area contributed by atoms with E-state index in [-0.39, 0.29) is 10.8 Å². The van der Waals surface area contributed by atoms with Gasteiger partial charge in [-0.1, -0.05) is 11.6 Å². The standard InChI is InChI=1S/C19H20ClN5O3S2/c1-13-14(12-21-23(13)2)11-17-18(26)22-19(29-17)24-7-9-25(10-8-24)30(27,28)16-5-3-15(20)4-6-16/h3-6,11-12H,7-10H2,1-2H3. The molecular weight excluding hydrogens is 446 g/mol. The van der Waals surface area contributed by atoms with Crippen molar-refractivity contribution in [2.24, 2.45) is 12.0 Å². The zero-order valence-corrected chi connectivity index (χ0v) is 18.8. The lowest BCUT2D eigenvalue weighted by Crippen LogP contribution is -2.49. The number of nitrogens with zero attached hydrogens (tertiary/aromatic N) is 5. The van der Waals surface area contributed by atoms with Crippen molar-refractivity contribution < 1.29 is 13.2 Å². The first kappa shape index (κ1) is 21.1. The van der Waals surface area contributed by atoms with Crippen LogP contribution >= 0.6 is 23.4 Å². The van der Waals surface area contributed by atoms with Crippen molar-refractivity contribution in [2.75, 3.05) is 26.2 Å². The minimum Gasteiger partial charge on any atom is -0.348 e. The van der Waals surface area contributed by atoms with Gasteiger partial charge in [-0.2, -0.15) is 14.4 Å². The number of hydrogen-bond acceptors (Lipinski definition) is 6. The Morgan fingerprint density at radius 3 is 2.40 bits per heavy atom. The number of piperazine rings is 1. The molecule has 1 aromatic carbocycles. The minimum atomic E-state index is -3.58. The van der Waals surface area contributed by atoms with Gasteiger partial charge in [0.2, 0.25) is 10.0 Å². The van der Waals surface area contributed by atoms with Gasteiger partial charge < -0.3 is 4.90 Å². The molecule has 0 unspecified atom stereocenters. The Morgan fingerprint density at radius 2 is 1.80 bits per heavy atom. The number of amides is 1. The Bertz CT molecular complexity index is 1150. The largest absolute Gasteiger partial charge is 0.348 e. The highest BCUT2D eigenvalue weighted by Crippen LogP contribution is 2.31. The van der Waals surface area contributed by atoms with Gasteiger partial charge in [-0.3, -0.25) is 9.48 Å². The van der Waals surface area contributed by atoms with E-state index >= 15 is 0 Å². The highest BCUT2D eigenvalue weighted by Gasteiger charge is 2.32. The molecule has 30 heavy (non-hydrogen) atoms. The fourth-order valence-corrected chi connectivity index (χ4v) is 5.71. The summed E-state index contributed by atoms with van der Waals surface area (Å²) in [5.74, 6) is -0.283. The Labute approximate surface area is 184 Å². The predicted octanol–water partition coefficient (Wildman–Crippen LogP) is 2.36. The zero-order valence-electron chi connectivity index (χ0n) is 16.4. The molecule has 1 amide bonds. The quantitative estimate of drug-likeness (QED) is 0.646. The summed E-state index contributed by atoms with van der Waals surface area (Å²) < 4.78 is 28.8. The molecule has 4 rings (SSSR count). The molecule has 0 N–H and O–H groups in total. The van der Waals surface area contributed by atoms with Gasteiger partial charge in [0.05, 0.1) is 16.0 Å². The molecule has 2 aromatic rings. The number of amidine groups is 1. The van der Waals surface area contributed by atoms with Crippen LogP contribution in [0, 0.1) is 6.92 Å². The maximum absolute atomic E-state index is 12.8. The van der Waals surface area contributed by atoms with Gasteiger partial charge in [0.25, 0.3) is 5.91 Å². The number of sulfonamides is 1. The first-order chi connectivity index (χ1) is 14.3. The summed E-state index contributed by atoms with van der Waals surface area (Å²) in [7, 11) is -1.73. The number of thioether (sulfide) groups is 1. The molecule has 2 aliphatic heterocycles. The average Bonchev–Trinajstić information content (AvgIpc) is 3.25. The second kappa shape index (κ2) is 8.18. The third kappa shape index (κ3) is 4.04. The highest BCUT2D eigenvalue weighted by molar-refractivity contribution is 8.18. The third-order valence-electron chi connectivity index (χ3n) is 5.13. The lowest BCUT2D eigenvalue weighted by Gasteiger charge is -2.34. The molecule has 0 radical (unpaired) electrons. The number of rotatable bonds is 3. The van der Waals surface area contributed by atoms with Crippen molar-refractivity contribution in [3.63, 3.8) is 0 Å². The maximum Gasteiger partial charge on any atom is 0.286 e. The molecule has 1 fully saturated rings. The van der Waals surface area contributed by atoms with Crippen LogP contribution in [-0.4, -0.2) is 64.7 Å². The number of carbonyl (C=O) groups is 1. The van der Waals surface area contributed by atoms with Crippen molar-refractivity contribution in [1.29, 1.82) is 0 Å². The topological polar surface area (TPSA) is 87.9 Å². The minimum absolute atomic E-state index is 0.222. The molecule has 1 aromatic heterocycles. The fourth-order valence-electron chi connectivity index (χ4n) is 3.21. The molecule has 0 atom stereocenters. The molecule has 2 aliphatic rings. The van der Waals surface area contributed by atoms with E-state index in [1.807, 2.05) is 18.9 Å². The first-order valence-electron chi connectivity index (χ1n) is 9.27. The smallest absolute Gasteiger partial charge is 0.286 e. The van der Waals surface area contributed by atoms with Gasteiger partial charge >= 0.3 is 0 Å². The summed E-state index contributed by atoms with van der Waals surface area (Å²) in [6.07, 6.45) is 3.52. The second-order valence-corrected chi connectivity index (χ2v) is 10.3. The lowest BCUT2D eigenvalue weighted by atomic mass is 10.2. The first-order valence-corrected chi connectivity index (χ1v) is 11.9. The summed E-state index contributed by atoms with van der Waals surface area (Å²) in [6, 6.07) is 6.16. The number of aromatic nitrogens is 2. The summed E-state index contributed by atoms with van der Waals surface area (Å²) in [4.78, 5) is 19.2. The fraction of sp³-hybridized carbons (Fsp3) is 0.316. The number of carbonyl (C=O) groups excluding carboxylic acids is 1. The normalized spacial score (nSPS) is 19.6. The summed E-state index contributed by atoms with van der Waals surface area (Å²) in [6.45, 7) is 3.50. The number of aryl methyl sites for hydroxylation is 1. The van der Waals surface area contributed by atoms with Gasteiger partial charge in [-0.15, -0.1) is 0 Å². The van der Waals surface area contributed by atoms with E-state index in [0.29, 0.717) is 41.3 Å². The van der Waals surface area contributed by atoms with Gasteiger partial charge in [-0.05, 0) is 49.0 Å². The second-order valence-electron chi connectivity index (χ2n) is 6.96. The average molecular weight is 466 g/mol. The molecule has 3 heterocycles. The highest BCUT2D eigenvalue weighted by atomic mass is 35.5. The number of hydrogen-bond donors (Lipinski definition) is 0. The van der Waals surface area contributed by atoms with Crippen molar-refractivity contribution in [3.8, 4) is 0 Å². The van der Waals surface area contributed by atoms with Crippen molar-refractivity contribution >= 4 is 50.5 Å². The van der Waals surface area contributed by atoms with Crippen molar-refractivity contribution in [1.82, 2.24) is 19.0 Å². The van der Waals surface area contributed by atoms with E-state index in [1.54, 1.807) is 29.1 Å². The van der Waals surface area contributed by atoms with Crippen LogP contribution in [0.5, 0.6) is 0 Å². The molecule has 0 bridgehead atoms. The van der Waals surface area contributed by atoms with Crippen LogP contribution in [0.25, 0.3) is 6.08 Å². The Kier molecular flexibility index (Phi) is 5.75. The third-order valence-corrected chi connectivity index (χ3v) is 8.34. The molecular formula is C19H20ClN5O3S2. The van der Waals surface area contributed by atoms with Crippen LogP contribution in [0.3, 0.4) is 0 Å². The van der Waals surface area contributed by atoms with E-state index in [9.17, 15) is 13.2 Å². The zero-order chi connectivity index (χ0) is 21.5. The van der Waals surface area contributed by atoms with Crippen LogP contribution < -0.4 is 0 Å². The van der Waals surface area contributed by atoms with Gasteiger partial charge in [0.1, 0.15) is 0 Å². The summed E-state index contributed by atoms with van der Waals surface area (Å²) in [5.41, 5.74) is 1.84. The molecule has 0 spiro atoms. The monoisotopic (exact) mass is 465 g/mol. The molecule has 8 nitrogen and oxygen atoms in total. The number of benzene rings is 1. The lowest BCUT2D eigenvalue weighted by molar-refractivity contribution is -0.113. The van der Waals surface area contributed by atoms with Crippen LogP contribution in [0.2, 0.25) is 5.02 Å². The van der Waals surface area contributed by atoms with Crippen LogP contribution in [-0.2, 0) is 21.9 Å². The van der Waals surface area contributed by atoms with E-state index in [0.717, 1.165) is 11.3 Å². The molecule has 0 aliphatic carbocycles. The Balaban J connectivity index is 1.42. The molecule has 1 saturated heterocycles. The predicted molar refractivity (Wildman–Crippen MR) is 118 cm³/mol. The van der Waals surface area contributed by atoms with E-state index in [2.05, 4.69) is 10.1 Å². The number of aliphatic imine (C=N–C) groups is 1. The molecule has 0 saturated carbocycles. The van der Waals surface area contributed by atoms with Gasteiger partial charge in [0.15, 0.2) is 5.17 Å². The maximum atomic E-state index is 12.8. The Hall–Kier alpha value is -2.14. The summed E-state index contributed by atoms with van der Waals surface area (Å²) >= 11 is 7.17. The van der Waals surface area contributed by atoms with E-state index in [1.165, 1.54) is 28.2 Å². The van der Waals surface area contributed by atoms with E-state index in [4.69, 9.17) is 11.6 Å². The molecule has 11 heteroatoms. The molecule has 158 valence electrons. The van der Waals surface area contributed by atoms with Gasteiger partial charge in [-0.25, -0.2) is 8.42 Å². The van der Waals surface area contributed by atoms with Crippen LogP contribution in [0.4, 0.5) is 0 Å². The SMILES string of the molecule is Cc1c(C=C2SC(N3CCN(S(=O)(=O)c4ccc(Cl)cc4)CC3)=NC2=O)cnn1C. The summed E-state index contributed by atoms with van der Waals surface area (Å²) in [5, 5.41) is 5.29. The van der Waals surface area contributed by atoms with Crippen LogP contribution in [0.15, 0.2) is 45.3 Å². The van der Waals surface area contributed by atoms with Crippen LogP contribution in [0.1, 0.15) is 11.3 Å². The van der Waals surface area contributed by atoms with E-state index < -0.39 is 10.0 Å². The van der Waals surface area contributed by atoms with Crippen molar-refractivity contribution in [2.45, 2.75) is 11.8 Å². The number of halogens is 1.